The van der Waals surface area contributed by atoms with E-state index in [0.29, 0.717) is 6.04 Å². The molecule has 1 saturated heterocycles. The Morgan fingerprint density at radius 2 is 2.04 bits per heavy atom. The quantitative estimate of drug-likeness (QED) is 0.915. The lowest BCUT2D eigenvalue weighted by Crippen LogP contribution is -2.39. The number of nitrogens with one attached hydrogen (secondary N) is 1. The van der Waals surface area contributed by atoms with Crippen LogP contribution in [0.2, 0.25) is 0 Å². The Morgan fingerprint density at radius 3 is 2.72 bits per heavy atom. The number of anilines is 2. The molecule has 1 aliphatic heterocycles. The first-order chi connectivity index (χ1) is 12.1. The summed E-state index contributed by atoms with van der Waals surface area (Å²) in [6.07, 6.45) is 4.56. The minimum Gasteiger partial charge on any atom is -0.352 e. The number of carbonyl (C=O) groups excluding carboxylic acids is 1. The molecule has 25 heavy (non-hydrogen) atoms. The summed E-state index contributed by atoms with van der Waals surface area (Å²) >= 11 is 0. The molecule has 132 valence electrons. The summed E-state index contributed by atoms with van der Waals surface area (Å²) in [6, 6.07) is 6.94. The van der Waals surface area contributed by atoms with E-state index in [9.17, 15) is 13.6 Å². The minimum absolute atomic E-state index is 0.0202. The van der Waals surface area contributed by atoms with Crippen LogP contribution < -0.4 is 10.2 Å². The van der Waals surface area contributed by atoms with E-state index in [2.05, 4.69) is 27.3 Å². The lowest BCUT2D eigenvalue weighted by molar-refractivity contribution is 0.102. The molecule has 3 rings (SSSR count). The van der Waals surface area contributed by atoms with Crippen molar-refractivity contribution in [2.75, 3.05) is 16.8 Å². The second-order valence-corrected chi connectivity index (χ2v) is 6.11. The molecule has 0 spiro atoms. The van der Waals surface area contributed by atoms with Gasteiger partial charge in [0.1, 0.15) is 0 Å². The smallest absolute Gasteiger partial charge is 0.256 e. The second kappa shape index (κ2) is 7.55. The van der Waals surface area contributed by atoms with Gasteiger partial charge in [0.25, 0.3) is 5.91 Å². The molecule has 1 atom stereocenters. The summed E-state index contributed by atoms with van der Waals surface area (Å²) in [4.78, 5) is 14.3. The van der Waals surface area contributed by atoms with Gasteiger partial charge in [-0.15, -0.1) is 10.2 Å². The summed E-state index contributed by atoms with van der Waals surface area (Å²) in [5.41, 5.74) is 0.0202. The molecule has 1 N–H and O–H groups in total. The van der Waals surface area contributed by atoms with E-state index in [4.69, 9.17) is 0 Å². The molecule has 0 bridgehead atoms. The molecule has 2 aromatic rings. The zero-order chi connectivity index (χ0) is 17.8. The van der Waals surface area contributed by atoms with Crippen molar-refractivity contribution in [2.24, 2.45) is 0 Å². The van der Waals surface area contributed by atoms with Crippen molar-refractivity contribution in [3.63, 3.8) is 0 Å². The van der Waals surface area contributed by atoms with Gasteiger partial charge in [-0.25, -0.2) is 8.78 Å². The van der Waals surface area contributed by atoms with Crippen molar-refractivity contribution in [2.45, 2.75) is 38.6 Å². The molecule has 7 heteroatoms. The fourth-order valence-electron chi connectivity index (χ4n) is 3.10. The molecular weight excluding hydrogens is 326 g/mol. The highest BCUT2D eigenvalue weighted by Gasteiger charge is 2.22. The van der Waals surface area contributed by atoms with Crippen LogP contribution in [0.1, 0.15) is 43.0 Å². The van der Waals surface area contributed by atoms with Crippen LogP contribution in [-0.2, 0) is 0 Å². The van der Waals surface area contributed by atoms with Crippen molar-refractivity contribution in [1.29, 1.82) is 0 Å². The van der Waals surface area contributed by atoms with Gasteiger partial charge in [0.05, 0.1) is 0 Å². The molecule has 2 heterocycles. The summed E-state index contributed by atoms with van der Waals surface area (Å²) < 4.78 is 26.2. The number of halogens is 2. The van der Waals surface area contributed by atoms with Gasteiger partial charge in [0.2, 0.25) is 0 Å². The SMILES string of the molecule is CCC1CCCCN1c1ccc(NC(=O)c2ccc(F)c(F)c2)nn1. The van der Waals surface area contributed by atoms with E-state index < -0.39 is 17.5 Å². The van der Waals surface area contributed by atoms with Gasteiger partial charge in [-0.1, -0.05) is 6.92 Å². The van der Waals surface area contributed by atoms with E-state index >= 15 is 0 Å². The summed E-state index contributed by atoms with van der Waals surface area (Å²) in [5.74, 6) is -1.57. The predicted octanol–water partition coefficient (Wildman–Crippen LogP) is 3.78. The molecule has 0 radical (unpaired) electrons. The zero-order valence-corrected chi connectivity index (χ0v) is 14.0. The third-order valence-electron chi connectivity index (χ3n) is 4.47. The normalized spacial score (nSPS) is 17.4. The Labute approximate surface area is 145 Å². The fraction of sp³-hybridized carbons (Fsp3) is 0.389. The Kier molecular flexibility index (Phi) is 5.21. The third-order valence-corrected chi connectivity index (χ3v) is 4.47. The number of piperidine rings is 1. The van der Waals surface area contributed by atoms with Crippen LogP contribution in [0.5, 0.6) is 0 Å². The zero-order valence-electron chi connectivity index (χ0n) is 14.0. The van der Waals surface area contributed by atoms with Gasteiger partial charge in [-0.05, 0) is 56.0 Å². The Hall–Kier alpha value is -2.57. The molecule has 1 aliphatic rings. The van der Waals surface area contributed by atoms with Gasteiger partial charge in [-0.3, -0.25) is 4.79 Å². The molecule has 1 unspecified atom stereocenters. The molecule has 0 aliphatic carbocycles. The van der Waals surface area contributed by atoms with Crippen LogP contribution in [0, 0.1) is 11.6 Å². The van der Waals surface area contributed by atoms with Crippen molar-refractivity contribution in [3.8, 4) is 0 Å². The van der Waals surface area contributed by atoms with Crippen LogP contribution in [0.4, 0.5) is 20.4 Å². The van der Waals surface area contributed by atoms with Gasteiger partial charge in [0, 0.05) is 18.2 Å². The first-order valence-electron chi connectivity index (χ1n) is 8.45. The molecular formula is C18H20F2N4O. The van der Waals surface area contributed by atoms with Crippen molar-refractivity contribution >= 4 is 17.5 Å². The first-order valence-corrected chi connectivity index (χ1v) is 8.45. The van der Waals surface area contributed by atoms with Crippen molar-refractivity contribution in [1.82, 2.24) is 10.2 Å². The average Bonchev–Trinajstić information content (AvgIpc) is 2.64. The number of nitrogens with zero attached hydrogens (tertiary/aromatic N) is 3. The van der Waals surface area contributed by atoms with Crippen molar-refractivity contribution < 1.29 is 13.6 Å². The first kappa shape index (κ1) is 17.3. The standard InChI is InChI=1S/C18H20F2N4O/c1-2-13-5-3-4-10-24(13)17-9-8-16(22-23-17)21-18(25)12-6-7-14(19)15(20)11-12/h6-9,11,13H,2-5,10H2,1H3,(H,21,22,25). The van der Waals surface area contributed by atoms with Gasteiger partial charge in [-0.2, -0.15) is 0 Å². The highest BCUT2D eigenvalue weighted by atomic mass is 19.2. The van der Waals surface area contributed by atoms with E-state index in [0.717, 1.165) is 43.8 Å². The third kappa shape index (κ3) is 3.92. The lowest BCUT2D eigenvalue weighted by atomic mass is 10.0. The topological polar surface area (TPSA) is 58.1 Å². The Bertz CT molecular complexity index is 751. The van der Waals surface area contributed by atoms with Crippen molar-refractivity contribution in [3.05, 3.63) is 47.5 Å². The second-order valence-electron chi connectivity index (χ2n) is 6.11. The Balaban J connectivity index is 1.69. The fourth-order valence-corrected chi connectivity index (χ4v) is 3.10. The maximum atomic E-state index is 13.2. The summed E-state index contributed by atoms with van der Waals surface area (Å²) in [7, 11) is 0. The van der Waals surface area contributed by atoms with E-state index in [1.54, 1.807) is 6.07 Å². The molecule has 1 aromatic heterocycles. The maximum Gasteiger partial charge on any atom is 0.256 e. The van der Waals surface area contributed by atoms with E-state index in [-0.39, 0.29) is 11.4 Å². The number of hydrogen-bond acceptors (Lipinski definition) is 4. The molecule has 1 aromatic carbocycles. The van der Waals surface area contributed by atoms with Crippen LogP contribution in [-0.4, -0.2) is 28.7 Å². The number of hydrogen-bond donors (Lipinski definition) is 1. The average molecular weight is 346 g/mol. The van der Waals surface area contributed by atoms with Gasteiger partial charge < -0.3 is 10.2 Å². The number of aromatic nitrogens is 2. The van der Waals surface area contributed by atoms with Crippen LogP contribution in [0.15, 0.2) is 30.3 Å². The summed E-state index contributed by atoms with van der Waals surface area (Å²) in [6.45, 7) is 3.11. The molecule has 5 nitrogen and oxygen atoms in total. The lowest BCUT2D eigenvalue weighted by Gasteiger charge is -2.35. The highest BCUT2D eigenvalue weighted by Crippen LogP contribution is 2.25. The minimum atomic E-state index is -1.07. The molecule has 0 saturated carbocycles. The predicted molar refractivity (Wildman–Crippen MR) is 91.6 cm³/mol. The van der Waals surface area contributed by atoms with Crippen LogP contribution in [0.3, 0.4) is 0 Å². The molecule has 1 fully saturated rings. The number of rotatable bonds is 4. The number of carbonyl (C=O) groups is 1. The molecule has 1 amide bonds. The van der Waals surface area contributed by atoms with Gasteiger partial charge in [0.15, 0.2) is 23.3 Å². The van der Waals surface area contributed by atoms with Gasteiger partial charge >= 0.3 is 0 Å². The monoisotopic (exact) mass is 346 g/mol. The number of benzene rings is 1. The van der Waals surface area contributed by atoms with Crippen LogP contribution >= 0.6 is 0 Å². The number of amides is 1. The Morgan fingerprint density at radius 1 is 1.20 bits per heavy atom. The maximum absolute atomic E-state index is 13.2. The van der Waals surface area contributed by atoms with E-state index in [1.807, 2.05) is 6.07 Å². The largest absolute Gasteiger partial charge is 0.352 e. The van der Waals surface area contributed by atoms with E-state index in [1.165, 1.54) is 12.5 Å². The summed E-state index contributed by atoms with van der Waals surface area (Å²) in [5, 5.41) is 10.8. The highest BCUT2D eigenvalue weighted by molar-refractivity contribution is 6.03. The van der Waals surface area contributed by atoms with Crippen LogP contribution in [0.25, 0.3) is 0 Å².